The second-order valence-electron chi connectivity index (χ2n) is 5.47. The molecular formula is C20H14ClF2NO. The average Bonchev–Trinajstić information content (AvgIpc) is 2.64. The Morgan fingerprint density at radius 3 is 1.84 bits per heavy atom. The highest BCUT2D eigenvalue weighted by Gasteiger charge is 2.20. The van der Waals surface area contributed by atoms with Crippen molar-refractivity contribution >= 4 is 17.5 Å². The molecule has 0 bridgehead atoms. The SMILES string of the molecule is O=C(NC(c1ccccc1)c1ccccc1)c1cc(F)c(F)cc1Cl. The van der Waals surface area contributed by atoms with Gasteiger partial charge in [-0.1, -0.05) is 72.3 Å². The molecule has 126 valence electrons. The lowest BCUT2D eigenvalue weighted by atomic mass is 9.98. The predicted octanol–water partition coefficient (Wildman–Crippen LogP) is 5.14. The molecule has 0 spiro atoms. The summed E-state index contributed by atoms with van der Waals surface area (Å²) in [5.41, 5.74) is 1.61. The lowest BCUT2D eigenvalue weighted by molar-refractivity contribution is 0.0942. The van der Waals surface area contributed by atoms with Gasteiger partial charge in [0.15, 0.2) is 11.6 Å². The van der Waals surface area contributed by atoms with Crippen LogP contribution in [0.25, 0.3) is 0 Å². The molecule has 5 heteroatoms. The smallest absolute Gasteiger partial charge is 0.253 e. The van der Waals surface area contributed by atoms with E-state index in [1.54, 1.807) is 0 Å². The first-order valence-corrected chi connectivity index (χ1v) is 7.99. The van der Waals surface area contributed by atoms with Gasteiger partial charge in [-0.25, -0.2) is 8.78 Å². The summed E-state index contributed by atoms with van der Waals surface area (Å²) in [4.78, 5) is 12.6. The molecule has 3 aromatic carbocycles. The minimum Gasteiger partial charge on any atom is -0.341 e. The van der Waals surface area contributed by atoms with E-state index in [9.17, 15) is 13.6 Å². The molecule has 0 unspecified atom stereocenters. The van der Waals surface area contributed by atoms with Crippen molar-refractivity contribution in [1.82, 2.24) is 5.32 Å². The number of carbonyl (C=O) groups excluding carboxylic acids is 1. The van der Waals surface area contributed by atoms with Crippen molar-refractivity contribution in [3.63, 3.8) is 0 Å². The van der Waals surface area contributed by atoms with Gasteiger partial charge in [0.05, 0.1) is 16.6 Å². The summed E-state index contributed by atoms with van der Waals surface area (Å²) in [5, 5.41) is 2.70. The first-order valence-electron chi connectivity index (χ1n) is 7.61. The second-order valence-corrected chi connectivity index (χ2v) is 5.88. The first kappa shape index (κ1) is 17.1. The van der Waals surface area contributed by atoms with Crippen LogP contribution in [-0.2, 0) is 0 Å². The Kier molecular flexibility index (Phi) is 5.10. The van der Waals surface area contributed by atoms with Gasteiger partial charge in [0.25, 0.3) is 5.91 Å². The number of amides is 1. The predicted molar refractivity (Wildman–Crippen MR) is 93.6 cm³/mol. The third-order valence-electron chi connectivity index (χ3n) is 3.80. The van der Waals surface area contributed by atoms with Crippen LogP contribution in [-0.4, -0.2) is 5.91 Å². The minimum atomic E-state index is -1.12. The third-order valence-corrected chi connectivity index (χ3v) is 4.11. The van der Waals surface area contributed by atoms with Crippen LogP contribution in [0.5, 0.6) is 0 Å². The van der Waals surface area contributed by atoms with Crippen LogP contribution < -0.4 is 5.32 Å². The maximum Gasteiger partial charge on any atom is 0.253 e. The quantitative estimate of drug-likeness (QED) is 0.644. The van der Waals surface area contributed by atoms with Gasteiger partial charge in [0, 0.05) is 0 Å². The van der Waals surface area contributed by atoms with Crippen molar-refractivity contribution in [2.45, 2.75) is 6.04 Å². The molecule has 0 saturated carbocycles. The highest BCUT2D eigenvalue weighted by molar-refractivity contribution is 6.33. The zero-order valence-corrected chi connectivity index (χ0v) is 13.8. The zero-order chi connectivity index (χ0) is 17.8. The minimum absolute atomic E-state index is 0.113. The summed E-state index contributed by atoms with van der Waals surface area (Å²) < 4.78 is 26.7. The molecule has 3 rings (SSSR count). The van der Waals surface area contributed by atoms with Gasteiger partial charge in [0.1, 0.15) is 0 Å². The Morgan fingerprint density at radius 1 is 0.840 bits per heavy atom. The van der Waals surface area contributed by atoms with E-state index >= 15 is 0 Å². The van der Waals surface area contributed by atoms with Gasteiger partial charge in [-0.2, -0.15) is 0 Å². The summed E-state index contributed by atoms with van der Waals surface area (Å²) in [6.45, 7) is 0. The molecular weight excluding hydrogens is 344 g/mol. The molecule has 2 nitrogen and oxygen atoms in total. The van der Waals surface area contributed by atoms with E-state index in [2.05, 4.69) is 5.32 Å². The topological polar surface area (TPSA) is 29.1 Å². The van der Waals surface area contributed by atoms with Gasteiger partial charge in [0.2, 0.25) is 0 Å². The van der Waals surface area contributed by atoms with Crippen LogP contribution in [0.4, 0.5) is 8.78 Å². The highest BCUT2D eigenvalue weighted by atomic mass is 35.5. The molecule has 0 fully saturated rings. The summed E-state index contributed by atoms with van der Waals surface area (Å²) >= 11 is 5.90. The van der Waals surface area contributed by atoms with Crippen molar-refractivity contribution in [2.24, 2.45) is 0 Å². The largest absolute Gasteiger partial charge is 0.341 e. The molecule has 0 radical (unpaired) electrons. The molecule has 0 aliphatic heterocycles. The van der Waals surface area contributed by atoms with E-state index < -0.39 is 23.6 Å². The Morgan fingerprint density at radius 2 is 1.32 bits per heavy atom. The number of rotatable bonds is 4. The van der Waals surface area contributed by atoms with E-state index in [0.29, 0.717) is 0 Å². The van der Waals surface area contributed by atoms with E-state index in [1.165, 1.54) is 0 Å². The van der Waals surface area contributed by atoms with Crippen molar-refractivity contribution in [3.05, 3.63) is 106 Å². The summed E-state index contributed by atoms with van der Waals surface area (Å²) in [6, 6.07) is 19.9. The van der Waals surface area contributed by atoms with E-state index in [4.69, 9.17) is 11.6 Å². The fourth-order valence-corrected chi connectivity index (χ4v) is 2.79. The maximum atomic E-state index is 13.5. The van der Waals surface area contributed by atoms with Crippen LogP contribution in [0.15, 0.2) is 72.8 Å². The number of benzene rings is 3. The molecule has 0 saturated heterocycles. The Balaban J connectivity index is 1.96. The van der Waals surface area contributed by atoms with E-state index in [-0.39, 0.29) is 10.6 Å². The van der Waals surface area contributed by atoms with Crippen LogP contribution in [0, 0.1) is 11.6 Å². The van der Waals surface area contributed by atoms with Crippen LogP contribution >= 0.6 is 11.6 Å². The summed E-state index contributed by atoms with van der Waals surface area (Å²) in [7, 11) is 0. The number of hydrogen-bond donors (Lipinski definition) is 1. The fourth-order valence-electron chi connectivity index (χ4n) is 2.56. The van der Waals surface area contributed by atoms with Gasteiger partial charge in [-0.15, -0.1) is 0 Å². The summed E-state index contributed by atoms with van der Waals surface area (Å²) in [6.07, 6.45) is 0. The molecule has 0 aliphatic carbocycles. The van der Waals surface area contributed by atoms with Crippen LogP contribution in [0.3, 0.4) is 0 Å². The van der Waals surface area contributed by atoms with Crippen molar-refractivity contribution < 1.29 is 13.6 Å². The van der Waals surface area contributed by atoms with Crippen molar-refractivity contribution in [1.29, 1.82) is 0 Å². The van der Waals surface area contributed by atoms with Gasteiger partial charge >= 0.3 is 0 Å². The zero-order valence-electron chi connectivity index (χ0n) is 13.0. The fraction of sp³-hybridized carbons (Fsp3) is 0.0500. The highest BCUT2D eigenvalue weighted by Crippen LogP contribution is 2.25. The standard InChI is InChI=1S/C20H14ClF2NO/c21-16-12-18(23)17(22)11-15(16)20(25)24-19(13-7-3-1-4-8-13)14-9-5-2-6-10-14/h1-12,19H,(H,24,25). The van der Waals surface area contributed by atoms with E-state index in [0.717, 1.165) is 23.3 Å². The average molecular weight is 358 g/mol. The lowest BCUT2D eigenvalue weighted by Gasteiger charge is -2.20. The molecule has 0 atom stereocenters. The number of halogens is 3. The Labute approximate surface area is 149 Å². The van der Waals surface area contributed by atoms with Crippen molar-refractivity contribution in [2.75, 3.05) is 0 Å². The molecule has 1 amide bonds. The number of hydrogen-bond acceptors (Lipinski definition) is 1. The van der Waals surface area contributed by atoms with Gasteiger partial charge in [-0.05, 0) is 23.3 Å². The normalized spacial score (nSPS) is 10.7. The monoisotopic (exact) mass is 357 g/mol. The molecule has 0 aliphatic rings. The molecule has 3 aromatic rings. The number of carbonyl (C=O) groups is 1. The first-order chi connectivity index (χ1) is 12.1. The molecule has 1 N–H and O–H groups in total. The third kappa shape index (κ3) is 3.86. The van der Waals surface area contributed by atoms with Gasteiger partial charge in [-0.3, -0.25) is 4.79 Å². The van der Waals surface area contributed by atoms with Crippen molar-refractivity contribution in [3.8, 4) is 0 Å². The number of nitrogens with one attached hydrogen (secondary N) is 1. The molecule has 25 heavy (non-hydrogen) atoms. The lowest BCUT2D eigenvalue weighted by Crippen LogP contribution is -2.29. The Bertz CT molecular complexity index is 845. The van der Waals surface area contributed by atoms with E-state index in [1.807, 2.05) is 60.7 Å². The Hall–Kier alpha value is -2.72. The van der Waals surface area contributed by atoms with Gasteiger partial charge < -0.3 is 5.32 Å². The van der Waals surface area contributed by atoms with Crippen LogP contribution in [0.1, 0.15) is 27.5 Å². The summed E-state index contributed by atoms with van der Waals surface area (Å²) in [5.74, 6) is -2.80. The second kappa shape index (κ2) is 7.45. The molecule has 0 aromatic heterocycles. The maximum absolute atomic E-state index is 13.5. The van der Waals surface area contributed by atoms with Crippen LogP contribution in [0.2, 0.25) is 5.02 Å². The molecule has 0 heterocycles.